The Kier molecular flexibility index (Phi) is 9.67. The zero-order valence-electron chi connectivity index (χ0n) is 40.1. The Hall–Kier alpha value is -8.37. The van der Waals surface area contributed by atoms with Gasteiger partial charge in [-0.15, -0.1) is 0 Å². The predicted octanol–water partition coefficient (Wildman–Crippen LogP) is 14.4. The maximum atomic E-state index is 6.76. The molecule has 0 saturated carbocycles. The number of fused-ring (bicyclic) bond motifs is 7. The molecule has 0 bridgehead atoms. The molecule has 0 aliphatic carbocycles. The number of hydrogen-bond acceptors (Lipinski definition) is 8. The Morgan fingerprint density at radius 2 is 1.19 bits per heavy atom. The van der Waals surface area contributed by atoms with Crippen molar-refractivity contribution in [3.05, 3.63) is 185 Å². The highest BCUT2D eigenvalue weighted by atomic mass is 16.5. The SMILES string of the molecule is Cc1cc(C)c(-c2nc(N3CN(c4cccc(Oc5ccc6c7ccccc7n(-c7cc(C(C)(C)C)ccn7)c6c5)c4)c4ncccc43)nc(-n3c4c(C)cccc4c4cccc(C)c43)n2)c(C)c1. The van der Waals surface area contributed by atoms with Crippen LogP contribution >= 0.6 is 0 Å². The van der Waals surface area contributed by atoms with Crippen molar-refractivity contribution in [2.75, 3.05) is 16.5 Å². The van der Waals surface area contributed by atoms with Gasteiger partial charge in [0.1, 0.15) is 24.0 Å². The minimum Gasteiger partial charge on any atom is -0.457 e. The zero-order valence-corrected chi connectivity index (χ0v) is 40.1. The van der Waals surface area contributed by atoms with Crippen LogP contribution in [0.25, 0.3) is 66.8 Å². The summed E-state index contributed by atoms with van der Waals surface area (Å²) in [5.74, 6) is 4.80. The molecule has 11 aromatic rings. The van der Waals surface area contributed by atoms with Gasteiger partial charge in [-0.25, -0.2) is 9.97 Å². The molecule has 10 nitrogen and oxygen atoms in total. The fraction of sp³-hybridized carbons (Fsp3) is 0.169. The molecule has 6 aromatic carbocycles. The summed E-state index contributed by atoms with van der Waals surface area (Å²) in [7, 11) is 0. The summed E-state index contributed by atoms with van der Waals surface area (Å²) in [6, 6.07) is 48.7. The molecule has 0 fully saturated rings. The largest absolute Gasteiger partial charge is 0.457 e. The highest BCUT2D eigenvalue weighted by Crippen LogP contribution is 2.44. The number of anilines is 4. The minimum absolute atomic E-state index is 0.0269. The van der Waals surface area contributed by atoms with Crippen molar-refractivity contribution in [2.24, 2.45) is 0 Å². The monoisotopic (exact) mass is 901 g/mol. The first-order chi connectivity index (χ1) is 33.4. The predicted molar refractivity (Wildman–Crippen MR) is 280 cm³/mol. The number of aromatic nitrogens is 7. The highest BCUT2D eigenvalue weighted by Gasteiger charge is 2.33. The molecule has 0 radical (unpaired) electrons. The summed E-state index contributed by atoms with van der Waals surface area (Å²) >= 11 is 0. The van der Waals surface area contributed by atoms with Crippen LogP contribution in [0.15, 0.2) is 152 Å². The third-order valence-corrected chi connectivity index (χ3v) is 13.6. The summed E-state index contributed by atoms with van der Waals surface area (Å²) in [6.45, 7) is 17.8. The van der Waals surface area contributed by atoms with Gasteiger partial charge in [0.2, 0.25) is 11.9 Å². The molecule has 0 N–H and O–H groups in total. The van der Waals surface area contributed by atoms with E-state index in [4.69, 9.17) is 29.7 Å². The Labute approximate surface area is 401 Å². The van der Waals surface area contributed by atoms with E-state index in [1.165, 1.54) is 11.1 Å². The molecule has 0 amide bonds. The van der Waals surface area contributed by atoms with Crippen LogP contribution in [-0.2, 0) is 5.41 Å². The number of hydrogen-bond donors (Lipinski definition) is 0. The first-order valence-corrected chi connectivity index (χ1v) is 23.5. The number of ether oxygens (including phenoxy) is 1. The van der Waals surface area contributed by atoms with Crippen molar-refractivity contribution < 1.29 is 4.74 Å². The third kappa shape index (κ3) is 6.96. The lowest BCUT2D eigenvalue weighted by molar-refractivity contribution is 0.483. The Balaban J connectivity index is 0.954. The minimum atomic E-state index is -0.0269. The van der Waals surface area contributed by atoms with Gasteiger partial charge in [-0.1, -0.05) is 99.1 Å². The molecule has 5 aromatic heterocycles. The van der Waals surface area contributed by atoms with E-state index in [1.807, 2.05) is 36.7 Å². The van der Waals surface area contributed by atoms with Gasteiger partial charge in [0.05, 0.1) is 27.8 Å². The molecule has 6 heterocycles. The van der Waals surface area contributed by atoms with Crippen molar-refractivity contribution in [3.8, 4) is 34.7 Å². The Bertz CT molecular complexity index is 3790. The number of para-hydroxylation sites is 3. The molecule has 338 valence electrons. The maximum absolute atomic E-state index is 6.76. The van der Waals surface area contributed by atoms with Crippen LogP contribution in [0.4, 0.5) is 23.1 Å². The van der Waals surface area contributed by atoms with Gasteiger partial charge >= 0.3 is 0 Å². The van der Waals surface area contributed by atoms with Crippen LogP contribution in [-0.4, -0.2) is 40.7 Å². The van der Waals surface area contributed by atoms with E-state index in [0.717, 1.165) is 100 Å². The lowest BCUT2D eigenvalue weighted by atomic mass is 9.88. The van der Waals surface area contributed by atoms with Crippen LogP contribution < -0.4 is 14.5 Å². The molecule has 1 aliphatic rings. The Morgan fingerprint density at radius 1 is 0.507 bits per heavy atom. The summed E-state index contributed by atoms with van der Waals surface area (Å²) in [5, 5.41) is 4.62. The molecule has 1 aliphatic heterocycles. The lowest BCUT2D eigenvalue weighted by Crippen LogP contribution is -2.26. The molecule has 0 atom stereocenters. The van der Waals surface area contributed by atoms with Gasteiger partial charge in [0, 0.05) is 57.3 Å². The van der Waals surface area contributed by atoms with Crippen molar-refractivity contribution in [1.29, 1.82) is 0 Å². The van der Waals surface area contributed by atoms with E-state index in [9.17, 15) is 0 Å². The van der Waals surface area contributed by atoms with Crippen molar-refractivity contribution in [2.45, 2.75) is 60.8 Å². The molecule has 10 heteroatoms. The van der Waals surface area contributed by atoms with Crippen molar-refractivity contribution in [3.63, 3.8) is 0 Å². The Morgan fingerprint density at radius 3 is 1.94 bits per heavy atom. The van der Waals surface area contributed by atoms with E-state index in [-0.39, 0.29) is 5.41 Å². The first kappa shape index (κ1) is 42.0. The van der Waals surface area contributed by atoms with Gasteiger partial charge < -0.3 is 9.64 Å². The standard InChI is InChI=1S/C59H51N9O/c1-35-29-38(4)52(39(5)30-35)55-62-57(64-58(63-55)68-53-36(2)15-11-20-46(53)47-21-12-16-37(3)54(47)68)66-34-65(56-49(66)23-14-27-61-56)41-17-13-18-42(32-41)69-43-24-25-45-44-19-9-10-22-48(44)67(50(45)33-43)51-31-40(26-28-60-51)59(6,7)8/h9-33H,34H2,1-8H3. The topological polar surface area (TPSA) is 90.0 Å². The zero-order chi connectivity index (χ0) is 47.3. The highest BCUT2D eigenvalue weighted by molar-refractivity contribution is 6.11. The maximum Gasteiger partial charge on any atom is 0.240 e. The van der Waals surface area contributed by atoms with Gasteiger partial charge in [-0.2, -0.15) is 15.0 Å². The van der Waals surface area contributed by atoms with Crippen LogP contribution in [0, 0.1) is 34.6 Å². The van der Waals surface area contributed by atoms with E-state index in [1.54, 1.807) is 0 Å². The number of aryl methyl sites for hydroxylation is 5. The summed E-state index contributed by atoms with van der Waals surface area (Å²) in [4.78, 5) is 30.3. The van der Waals surface area contributed by atoms with Gasteiger partial charge in [0.15, 0.2) is 11.6 Å². The average Bonchev–Trinajstić information content (AvgIpc) is 4.00. The van der Waals surface area contributed by atoms with Gasteiger partial charge in [0.25, 0.3) is 0 Å². The first-order valence-electron chi connectivity index (χ1n) is 23.5. The van der Waals surface area contributed by atoms with E-state index in [0.29, 0.717) is 30.1 Å². The second kappa shape index (κ2) is 15.9. The van der Waals surface area contributed by atoms with E-state index in [2.05, 4.69) is 190 Å². The van der Waals surface area contributed by atoms with Crippen LogP contribution in [0.5, 0.6) is 11.5 Å². The molecule has 12 rings (SSSR count). The van der Waals surface area contributed by atoms with Crippen molar-refractivity contribution in [1.82, 2.24) is 34.1 Å². The second-order valence-corrected chi connectivity index (χ2v) is 19.4. The summed E-state index contributed by atoms with van der Waals surface area (Å²) in [5.41, 5.74) is 14.0. The van der Waals surface area contributed by atoms with E-state index >= 15 is 0 Å². The van der Waals surface area contributed by atoms with Crippen molar-refractivity contribution >= 4 is 66.8 Å². The second-order valence-electron chi connectivity index (χ2n) is 19.4. The number of benzene rings is 6. The summed E-state index contributed by atoms with van der Waals surface area (Å²) < 4.78 is 11.2. The molecular weight excluding hydrogens is 851 g/mol. The molecule has 69 heavy (non-hydrogen) atoms. The molecule has 0 saturated heterocycles. The average molecular weight is 902 g/mol. The van der Waals surface area contributed by atoms with E-state index < -0.39 is 0 Å². The molecular formula is C59H51N9O. The smallest absolute Gasteiger partial charge is 0.240 e. The number of nitrogens with zero attached hydrogens (tertiary/aromatic N) is 9. The summed E-state index contributed by atoms with van der Waals surface area (Å²) in [6.07, 6.45) is 3.75. The fourth-order valence-corrected chi connectivity index (χ4v) is 10.5. The van der Waals surface area contributed by atoms with Gasteiger partial charge in [-0.3, -0.25) is 14.0 Å². The van der Waals surface area contributed by atoms with Crippen LogP contribution in [0.3, 0.4) is 0 Å². The normalized spacial score (nSPS) is 12.8. The number of pyridine rings is 2. The van der Waals surface area contributed by atoms with Crippen LogP contribution in [0.1, 0.15) is 54.2 Å². The van der Waals surface area contributed by atoms with Crippen LogP contribution in [0.2, 0.25) is 0 Å². The molecule has 0 spiro atoms. The lowest BCUT2D eigenvalue weighted by Gasteiger charge is -2.22. The number of rotatable bonds is 7. The molecule has 0 unspecified atom stereocenters. The third-order valence-electron chi connectivity index (χ3n) is 13.6. The van der Waals surface area contributed by atoms with Gasteiger partial charge in [-0.05, 0) is 122 Å². The quantitative estimate of drug-likeness (QED) is 0.156. The fourth-order valence-electron chi connectivity index (χ4n) is 10.5.